The quantitative estimate of drug-likeness (QED) is 0.831. The third kappa shape index (κ3) is 3.90. The van der Waals surface area contributed by atoms with Crippen molar-refractivity contribution in [3.63, 3.8) is 0 Å². The summed E-state index contributed by atoms with van der Waals surface area (Å²) >= 11 is 6.12. The summed E-state index contributed by atoms with van der Waals surface area (Å²) in [5, 5.41) is 3.75. The van der Waals surface area contributed by atoms with Gasteiger partial charge >= 0.3 is 6.03 Å². The molecular formula is C20H24ClN3O. The second kappa shape index (κ2) is 7.36. The van der Waals surface area contributed by atoms with E-state index in [9.17, 15) is 4.79 Å². The standard InChI is InChI=1S/C20H24ClN3O/c1-14-12-17(9-10-18(14)23(2)3)22-20(25)24-11-5-8-19(24)15-6-4-7-16(21)13-15/h4,6-7,9-10,12-13,19H,5,8,11H2,1-3H3,(H,22,25). The zero-order chi connectivity index (χ0) is 18.0. The van der Waals surface area contributed by atoms with Crippen molar-refractivity contribution in [3.05, 3.63) is 58.6 Å². The highest BCUT2D eigenvalue weighted by molar-refractivity contribution is 6.30. The maximum Gasteiger partial charge on any atom is 0.322 e. The third-order valence-corrected chi connectivity index (χ3v) is 4.91. The predicted octanol–water partition coefficient (Wildman–Crippen LogP) is 5.08. The van der Waals surface area contributed by atoms with Crippen LogP contribution in [0.4, 0.5) is 16.2 Å². The van der Waals surface area contributed by atoms with Gasteiger partial charge in [-0.15, -0.1) is 0 Å². The molecule has 0 saturated carbocycles. The van der Waals surface area contributed by atoms with Crippen molar-refractivity contribution in [2.75, 3.05) is 30.9 Å². The monoisotopic (exact) mass is 357 g/mol. The van der Waals surface area contributed by atoms with Crippen LogP contribution in [0, 0.1) is 6.92 Å². The second-order valence-electron chi connectivity index (χ2n) is 6.73. The van der Waals surface area contributed by atoms with Gasteiger partial charge < -0.3 is 15.1 Å². The normalized spacial score (nSPS) is 16.8. The first-order valence-corrected chi connectivity index (χ1v) is 8.94. The number of carbonyl (C=O) groups is 1. The van der Waals surface area contributed by atoms with Crippen molar-refractivity contribution in [3.8, 4) is 0 Å². The highest BCUT2D eigenvalue weighted by Gasteiger charge is 2.30. The summed E-state index contributed by atoms with van der Waals surface area (Å²) in [5.74, 6) is 0. The summed E-state index contributed by atoms with van der Waals surface area (Å²) < 4.78 is 0. The number of nitrogens with zero attached hydrogens (tertiary/aromatic N) is 2. The van der Waals surface area contributed by atoms with Gasteiger partial charge in [0.05, 0.1) is 6.04 Å². The molecule has 4 nitrogen and oxygen atoms in total. The number of urea groups is 1. The zero-order valence-corrected chi connectivity index (χ0v) is 15.7. The molecule has 25 heavy (non-hydrogen) atoms. The van der Waals surface area contributed by atoms with Gasteiger partial charge in [-0.3, -0.25) is 0 Å². The lowest BCUT2D eigenvalue weighted by atomic mass is 10.0. The van der Waals surface area contributed by atoms with E-state index in [1.165, 1.54) is 0 Å². The average Bonchev–Trinajstić information content (AvgIpc) is 3.04. The molecule has 0 aliphatic carbocycles. The van der Waals surface area contributed by atoms with Crippen molar-refractivity contribution in [1.29, 1.82) is 0 Å². The van der Waals surface area contributed by atoms with Crippen LogP contribution >= 0.6 is 11.6 Å². The van der Waals surface area contributed by atoms with E-state index in [1.54, 1.807) is 0 Å². The van der Waals surface area contributed by atoms with Crippen LogP contribution in [0.5, 0.6) is 0 Å². The van der Waals surface area contributed by atoms with E-state index in [0.717, 1.165) is 41.9 Å². The number of rotatable bonds is 3. The molecule has 1 unspecified atom stereocenters. The van der Waals surface area contributed by atoms with E-state index in [0.29, 0.717) is 5.02 Å². The van der Waals surface area contributed by atoms with Crippen LogP contribution in [-0.2, 0) is 0 Å². The minimum atomic E-state index is -0.0560. The summed E-state index contributed by atoms with van der Waals surface area (Å²) in [6.07, 6.45) is 1.97. The van der Waals surface area contributed by atoms with E-state index in [2.05, 4.69) is 17.1 Å². The summed E-state index contributed by atoms with van der Waals surface area (Å²) in [4.78, 5) is 16.8. The van der Waals surface area contributed by atoms with E-state index >= 15 is 0 Å². The molecule has 1 aliphatic heterocycles. The molecule has 2 aromatic carbocycles. The predicted molar refractivity (Wildman–Crippen MR) is 105 cm³/mol. The molecule has 132 valence electrons. The van der Waals surface area contributed by atoms with Crippen molar-refractivity contribution < 1.29 is 4.79 Å². The Labute approximate surface area is 154 Å². The van der Waals surface area contributed by atoms with Gasteiger partial charge in [-0.05, 0) is 61.2 Å². The number of carbonyl (C=O) groups excluding carboxylic acids is 1. The zero-order valence-electron chi connectivity index (χ0n) is 14.9. The number of likely N-dealkylation sites (tertiary alicyclic amines) is 1. The fourth-order valence-corrected chi connectivity index (χ4v) is 3.70. The van der Waals surface area contributed by atoms with Crippen molar-refractivity contribution in [2.24, 2.45) is 0 Å². The Hall–Kier alpha value is -2.20. The van der Waals surface area contributed by atoms with Crippen molar-refractivity contribution >= 4 is 29.0 Å². The lowest BCUT2D eigenvalue weighted by molar-refractivity contribution is 0.207. The van der Waals surface area contributed by atoms with Crippen LogP contribution in [0.3, 0.4) is 0 Å². The molecule has 0 spiro atoms. The highest BCUT2D eigenvalue weighted by Crippen LogP contribution is 2.33. The lowest BCUT2D eigenvalue weighted by Gasteiger charge is -2.26. The molecule has 0 bridgehead atoms. The largest absolute Gasteiger partial charge is 0.377 e. The van der Waals surface area contributed by atoms with Gasteiger partial charge in [-0.2, -0.15) is 0 Å². The Bertz CT molecular complexity index is 775. The molecule has 0 aromatic heterocycles. The first-order valence-electron chi connectivity index (χ1n) is 8.57. The molecule has 1 atom stereocenters. The van der Waals surface area contributed by atoms with E-state index in [4.69, 9.17) is 11.6 Å². The Morgan fingerprint density at radius 3 is 2.72 bits per heavy atom. The maximum atomic E-state index is 12.8. The Morgan fingerprint density at radius 1 is 1.24 bits per heavy atom. The molecule has 1 aliphatic rings. The highest BCUT2D eigenvalue weighted by atomic mass is 35.5. The Kier molecular flexibility index (Phi) is 5.19. The molecule has 2 amide bonds. The van der Waals surface area contributed by atoms with Gasteiger partial charge in [0.15, 0.2) is 0 Å². The van der Waals surface area contributed by atoms with Gasteiger partial charge in [0.2, 0.25) is 0 Å². The van der Waals surface area contributed by atoms with Crippen LogP contribution in [0.25, 0.3) is 0 Å². The molecule has 0 radical (unpaired) electrons. The fraction of sp³-hybridized carbons (Fsp3) is 0.350. The topological polar surface area (TPSA) is 35.6 Å². The third-order valence-electron chi connectivity index (χ3n) is 4.68. The fourth-order valence-electron chi connectivity index (χ4n) is 3.50. The van der Waals surface area contributed by atoms with E-state index in [-0.39, 0.29) is 12.1 Å². The second-order valence-corrected chi connectivity index (χ2v) is 7.17. The van der Waals surface area contributed by atoms with Gasteiger partial charge in [-0.1, -0.05) is 23.7 Å². The number of hydrogen-bond donors (Lipinski definition) is 1. The van der Waals surface area contributed by atoms with Crippen LogP contribution in [0.1, 0.15) is 30.0 Å². The maximum absolute atomic E-state index is 12.8. The van der Waals surface area contributed by atoms with Gasteiger partial charge in [-0.25, -0.2) is 4.79 Å². The summed E-state index contributed by atoms with van der Waals surface area (Å²) in [5.41, 5.74) is 4.20. The van der Waals surface area contributed by atoms with Crippen LogP contribution in [0.2, 0.25) is 5.02 Å². The minimum Gasteiger partial charge on any atom is -0.377 e. The molecule has 2 aromatic rings. The van der Waals surface area contributed by atoms with Gasteiger partial charge in [0.1, 0.15) is 0 Å². The molecule has 1 heterocycles. The van der Waals surface area contributed by atoms with Crippen LogP contribution < -0.4 is 10.2 Å². The molecule has 1 saturated heterocycles. The number of amides is 2. The SMILES string of the molecule is Cc1cc(NC(=O)N2CCCC2c2cccc(Cl)c2)ccc1N(C)C. The lowest BCUT2D eigenvalue weighted by Crippen LogP contribution is -2.34. The summed E-state index contributed by atoms with van der Waals surface area (Å²) in [7, 11) is 4.03. The van der Waals surface area contributed by atoms with E-state index < -0.39 is 0 Å². The summed E-state index contributed by atoms with van der Waals surface area (Å²) in [6, 6.07) is 13.8. The molecule has 1 N–H and O–H groups in total. The minimum absolute atomic E-state index is 0.0560. The van der Waals surface area contributed by atoms with E-state index in [1.807, 2.05) is 61.5 Å². The number of anilines is 2. The number of halogens is 1. The average molecular weight is 358 g/mol. The summed E-state index contributed by atoms with van der Waals surface area (Å²) in [6.45, 7) is 2.81. The number of nitrogens with one attached hydrogen (secondary N) is 1. The number of hydrogen-bond acceptors (Lipinski definition) is 2. The molecule has 5 heteroatoms. The first kappa shape index (κ1) is 17.6. The first-order chi connectivity index (χ1) is 12.0. The van der Waals surface area contributed by atoms with Crippen LogP contribution in [-0.4, -0.2) is 31.6 Å². The van der Waals surface area contributed by atoms with Gasteiger partial charge in [0, 0.05) is 37.0 Å². The Morgan fingerprint density at radius 2 is 2.04 bits per heavy atom. The van der Waals surface area contributed by atoms with Crippen molar-refractivity contribution in [2.45, 2.75) is 25.8 Å². The number of benzene rings is 2. The smallest absolute Gasteiger partial charge is 0.322 e. The molecular weight excluding hydrogens is 334 g/mol. The Balaban J connectivity index is 1.75. The number of aryl methyl sites for hydroxylation is 1. The molecule has 1 fully saturated rings. The molecule has 3 rings (SSSR count). The van der Waals surface area contributed by atoms with Crippen molar-refractivity contribution in [1.82, 2.24) is 4.90 Å². The van der Waals surface area contributed by atoms with Crippen LogP contribution in [0.15, 0.2) is 42.5 Å². The van der Waals surface area contributed by atoms with Gasteiger partial charge in [0.25, 0.3) is 0 Å².